The minimum atomic E-state index is -1.09. The number of carboxylic acid groups (broad SMARTS) is 1. The average Bonchev–Trinajstić information content (AvgIpc) is 1.97. The smallest absolute Gasteiger partial charge is 0.324 e. The zero-order valence-electron chi connectivity index (χ0n) is 6.93. The van der Waals surface area contributed by atoms with Gasteiger partial charge in [-0.25, -0.2) is 0 Å². The summed E-state index contributed by atoms with van der Waals surface area (Å²) in [5.41, 5.74) is 10.5. The van der Waals surface area contributed by atoms with Gasteiger partial charge in [0.2, 0.25) is 0 Å². The second-order valence-corrected chi connectivity index (χ2v) is 2.50. The van der Waals surface area contributed by atoms with E-state index in [1.165, 1.54) is 12.3 Å². The van der Waals surface area contributed by atoms with E-state index in [2.05, 4.69) is 0 Å². The SMILES string of the molecule is CC(N)COC=CC(N)C(=O)O. The summed E-state index contributed by atoms with van der Waals surface area (Å²) in [6.07, 6.45) is 2.51. The van der Waals surface area contributed by atoms with Gasteiger partial charge in [0.25, 0.3) is 0 Å². The van der Waals surface area contributed by atoms with E-state index < -0.39 is 12.0 Å². The molecule has 0 radical (unpaired) electrons. The van der Waals surface area contributed by atoms with E-state index in [1.807, 2.05) is 0 Å². The number of aliphatic carboxylic acids is 1. The molecule has 0 fully saturated rings. The van der Waals surface area contributed by atoms with Crippen LogP contribution in [-0.4, -0.2) is 29.8 Å². The molecule has 0 saturated heterocycles. The van der Waals surface area contributed by atoms with Crippen molar-refractivity contribution >= 4 is 5.97 Å². The molecule has 0 spiro atoms. The standard InChI is InChI=1S/C7H14N2O3/c1-5(8)4-12-3-2-6(9)7(10)11/h2-3,5-6H,4,8-9H2,1H3,(H,10,11). The summed E-state index contributed by atoms with van der Waals surface area (Å²) < 4.78 is 4.87. The van der Waals surface area contributed by atoms with Gasteiger partial charge in [-0.3, -0.25) is 4.79 Å². The van der Waals surface area contributed by atoms with E-state index >= 15 is 0 Å². The van der Waals surface area contributed by atoms with Gasteiger partial charge in [-0.15, -0.1) is 0 Å². The predicted molar refractivity (Wildman–Crippen MR) is 44.4 cm³/mol. The van der Waals surface area contributed by atoms with E-state index in [0.29, 0.717) is 6.61 Å². The molecular formula is C7H14N2O3. The molecule has 70 valence electrons. The van der Waals surface area contributed by atoms with Crippen molar-refractivity contribution in [3.05, 3.63) is 12.3 Å². The lowest BCUT2D eigenvalue weighted by Crippen LogP contribution is -2.27. The molecule has 0 aliphatic heterocycles. The molecular weight excluding hydrogens is 160 g/mol. The van der Waals surface area contributed by atoms with Gasteiger partial charge in [0.05, 0.1) is 6.26 Å². The number of hydrogen-bond acceptors (Lipinski definition) is 4. The zero-order valence-corrected chi connectivity index (χ0v) is 6.93. The normalized spacial score (nSPS) is 15.9. The number of rotatable bonds is 5. The Balaban J connectivity index is 3.55. The minimum absolute atomic E-state index is 0.0734. The molecule has 2 atom stereocenters. The highest BCUT2D eigenvalue weighted by Gasteiger charge is 2.05. The molecule has 5 heteroatoms. The van der Waals surface area contributed by atoms with E-state index in [0.717, 1.165) is 0 Å². The minimum Gasteiger partial charge on any atom is -0.500 e. The van der Waals surface area contributed by atoms with Crippen molar-refractivity contribution in [2.75, 3.05) is 6.61 Å². The number of ether oxygens (including phenoxy) is 1. The molecule has 0 amide bonds. The molecule has 0 aromatic rings. The Morgan fingerprint density at radius 3 is 2.67 bits per heavy atom. The molecule has 5 N–H and O–H groups in total. The van der Waals surface area contributed by atoms with Crippen LogP contribution in [0.5, 0.6) is 0 Å². The van der Waals surface area contributed by atoms with Crippen molar-refractivity contribution in [1.82, 2.24) is 0 Å². The van der Waals surface area contributed by atoms with Crippen LogP contribution in [0.25, 0.3) is 0 Å². The van der Waals surface area contributed by atoms with Gasteiger partial charge in [0.1, 0.15) is 12.6 Å². The Bertz CT molecular complexity index is 168. The van der Waals surface area contributed by atoms with E-state index in [9.17, 15) is 4.79 Å². The summed E-state index contributed by atoms with van der Waals surface area (Å²) in [5.74, 6) is -1.09. The van der Waals surface area contributed by atoms with Crippen LogP contribution in [0.3, 0.4) is 0 Å². The highest BCUT2D eigenvalue weighted by molar-refractivity contribution is 5.75. The van der Waals surface area contributed by atoms with Gasteiger partial charge >= 0.3 is 5.97 Å². The van der Waals surface area contributed by atoms with Crippen LogP contribution in [0.1, 0.15) is 6.92 Å². The summed E-state index contributed by atoms with van der Waals surface area (Å²) >= 11 is 0. The van der Waals surface area contributed by atoms with E-state index in [-0.39, 0.29) is 6.04 Å². The van der Waals surface area contributed by atoms with Gasteiger partial charge in [-0.2, -0.15) is 0 Å². The van der Waals surface area contributed by atoms with E-state index in [1.54, 1.807) is 6.92 Å². The van der Waals surface area contributed by atoms with E-state index in [4.69, 9.17) is 21.3 Å². The fourth-order valence-corrected chi connectivity index (χ4v) is 0.430. The number of hydrogen-bond donors (Lipinski definition) is 3. The third-order valence-corrected chi connectivity index (χ3v) is 1.03. The Kier molecular flexibility index (Phi) is 5.07. The first-order valence-corrected chi connectivity index (χ1v) is 3.56. The molecule has 0 aromatic heterocycles. The quantitative estimate of drug-likeness (QED) is 0.477. The lowest BCUT2D eigenvalue weighted by atomic mass is 10.3. The first-order valence-electron chi connectivity index (χ1n) is 3.56. The fourth-order valence-electron chi connectivity index (χ4n) is 0.430. The Hall–Kier alpha value is -1.07. The summed E-state index contributed by atoms with van der Waals surface area (Å²) in [6.45, 7) is 2.13. The molecule has 0 rings (SSSR count). The van der Waals surface area contributed by atoms with Gasteiger partial charge in [0, 0.05) is 6.04 Å². The fraction of sp³-hybridized carbons (Fsp3) is 0.571. The van der Waals surface area contributed by atoms with Crippen LogP contribution in [0, 0.1) is 0 Å². The van der Waals surface area contributed by atoms with Crippen LogP contribution < -0.4 is 11.5 Å². The summed E-state index contributed by atoms with van der Waals surface area (Å²) in [7, 11) is 0. The first kappa shape index (κ1) is 10.9. The molecule has 0 aliphatic carbocycles. The highest BCUT2D eigenvalue weighted by atomic mass is 16.5. The lowest BCUT2D eigenvalue weighted by Gasteiger charge is -2.03. The number of carbonyl (C=O) groups is 1. The van der Waals surface area contributed by atoms with Crippen LogP contribution in [0.4, 0.5) is 0 Å². The van der Waals surface area contributed by atoms with Gasteiger partial charge < -0.3 is 21.3 Å². The molecule has 5 nitrogen and oxygen atoms in total. The monoisotopic (exact) mass is 174 g/mol. The number of carboxylic acids is 1. The van der Waals surface area contributed by atoms with Crippen molar-refractivity contribution in [2.45, 2.75) is 19.0 Å². The summed E-state index contributed by atoms with van der Waals surface area (Å²) in [4.78, 5) is 10.2. The Labute approximate surface area is 71.0 Å². The van der Waals surface area contributed by atoms with Crippen LogP contribution in [0.15, 0.2) is 12.3 Å². The Morgan fingerprint density at radius 1 is 1.67 bits per heavy atom. The van der Waals surface area contributed by atoms with Crippen LogP contribution >= 0.6 is 0 Å². The molecule has 0 saturated carbocycles. The maximum absolute atomic E-state index is 10.2. The van der Waals surface area contributed by atoms with Crippen molar-refractivity contribution in [2.24, 2.45) is 11.5 Å². The van der Waals surface area contributed by atoms with Crippen LogP contribution in [0.2, 0.25) is 0 Å². The lowest BCUT2D eigenvalue weighted by molar-refractivity contribution is -0.137. The highest BCUT2D eigenvalue weighted by Crippen LogP contribution is 1.85. The largest absolute Gasteiger partial charge is 0.500 e. The molecule has 12 heavy (non-hydrogen) atoms. The second kappa shape index (κ2) is 5.56. The summed E-state index contributed by atoms with van der Waals surface area (Å²) in [5, 5.41) is 8.33. The van der Waals surface area contributed by atoms with Crippen molar-refractivity contribution < 1.29 is 14.6 Å². The predicted octanol–water partition coefficient (Wildman–Crippen LogP) is -0.724. The van der Waals surface area contributed by atoms with Gasteiger partial charge in [-0.05, 0) is 13.0 Å². The first-order chi connectivity index (χ1) is 5.54. The molecule has 2 unspecified atom stereocenters. The molecule has 0 heterocycles. The molecule has 0 bridgehead atoms. The third-order valence-electron chi connectivity index (χ3n) is 1.03. The zero-order chi connectivity index (χ0) is 9.56. The maximum Gasteiger partial charge on any atom is 0.324 e. The molecule has 0 aliphatic rings. The second-order valence-electron chi connectivity index (χ2n) is 2.50. The topological polar surface area (TPSA) is 98.6 Å². The Morgan fingerprint density at radius 2 is 2.25 bits per heavy atom. The van der Waals surface area contributed by atoms with Gasteiger partial charge in [0.15, 0.2) is 0 Å². The van der Waals surface area contributed by atoms with Crippen LogP contribution in [-0.2, 0) is 9.53 Å². The third kappa shape index (κ3) is 5.70. The van der Waals surface area contributed by atoms with Gasteiger partial charge in [-0.1, -0.05) is 0 Å². The maximum atomic E-state index is 10.2. The summed E-state index contributed by atoms with van der Waals surface area (Å²) in [6, 6.07) is -1.09. The van der Waals surface area contributed by atoms with Crippen molar-refractivity contribution in [1.29, 1.82) is 0 Å². The molecule has 0 aromatic carbocycles. The average molecular weight is 174 g/mol. The number of nitrogens with two attached hydrogens (primary N) is 2. The van der Waals surface area contributed by atoms with Crippen molar-refractivity contribution in [3.63, 3.8) is 0 Å². The van der Waals surface area contributed by atoms with Crippen molar-refractivity contribution in [3.8, 4) is 0 Å².